The molecule has 1 saturated heterocycles. The molecule has 2 aromatic rings. The van der Waals surface area contributed by atoms with E-state index in [0.29, 0.717) is 19.6 Å². The van der Waals surface area contributed by atoms with Crippen molar-refractivity contribution in [3.8, 4) is 0 Å². The summed E-state index contributed by atoms with van der Waals surface area (Å²) in [5.74, 6) is -1.20. The third-order valence-electron chi connectivity index (χ3n) is 4.81. The molecule has 1 fully saturated rings. The molecule has 0 radical (unpaired) electrons. The number of hydrogen-bond donors (Lipinski definition) is 1. The smallest absolute Gasteiger partial charge is 0.256 e. The van der Waals surface area contributed by atoms with Crippen molar-refractivity contribution in [1.29, 1.82) is 0 Å². The Bertz CT molecular complexity index is 810. The van der Waals surface area contributed by atoms with Crippen LogP contribution in [0.25, 0.3) is 0 Å². The van der Waals surface area contributed by atoms with E-state index >= 15 is 0 Å². The van der Waals surface area contributed by atoms with Gasteiger partial charge in [0.25, 0.3) is 5.91 Å². The van der Waals surface area contributed by atoms with Gasteiger partial charge in [-0.25, -0.2) is 4.39 Å². The molecule has 1 heterocycles. The van der Waals surface area contributed by atoms with Crippen molar-refractivity contribution in [3.05, 3.63) is 65.5 Å². The van der Waals surface area contributed by atoms with Crippen LogP contribution in [0, 0.1) is 11.7 Å². The summed E-state index contributed by atoms with van der Waals surface area (Å²) in [5, 5.41) is 2.96. The van der Waals surface area contributed by atoms with Gasteiger partial charge in [-0.1, -0.05) is 24.3 Å². The molecule has 4 nitrogen and oxygen atoms in total. The molecular weight excluding hydrogens is 363 g/mol. The summed E-state index contributed by atoms with van der Waals surface area (Å²) in [6.07, 6.45) is 3.49. The number of amides is 2. The Balaban J connectivity index is 1.57. The van der Waals surface area contributed by atoms with Gasteiger partial charge in [0.2, 0.25) is 5.91 Å². The zero-order valence-corrected chi connectivity index (χ0v) is 16.1. The molecular formula is C21H23FN2O2S. The van der Waals surface area contributed by atoms with Gasteiger partial charge in [0.1, 0.15) is 5.82 Å². The molecule has 1 atom stereocenters. The van der Waals surface area contributed by atoms with Crippen molar-refractivity contribution in [3.63, 3.8) is 0 Å². The van der Waals surface area contributed by atoms with Crippen molar-refractivity contribution in [2.24, 2.45) is 5.92 Å². The lowest BCUT2D eigenvalue weighted by atomic mass is 9.96. The molecule has 3 rings (SSSR count). The summed E-state index contributed by atoms with van der Waals surface area (Å²) in [5.41, 5.74) is 1.10. The number of nitrogens with zero attached hydrogens (tertiary/aromatic N) is 1. The highest BCUT2D eigenvalue weighted by molar-refractivity contribution is 7.98. The molecule has 2 amide bonds. The lowest BCUT2D eigenvalue weighted by Gasteiger charge is -2.32. The van der Waals surface area contributed by atoms with Crippen LogP contribution in [-0.4, -0.2) is 36.1 Å². The average Bonchev–Trinajstić information content (AvgIpc) is 2.72. The van der Waals surface area contributed by atoms with E-state index in [4.69, 9.17) is 0 Å². The van der Waals surface area contributed by atoms with Crippen LogP contribution in [0.5, 0.6) is 0 Å². The SMILES string of the molecule is CSc1ccc(CNC(=O)C2CCCN(C(=O)c3ccccc3F)C2)cc1. The molecule has 0 bridgehead atoms. The fourth-order valence-corrected chi connectivity index (χ4v) is 3.67. The Labute approximate surface area is 163 Å². The van der Waals surface area contributed by atoms with Crippen LogP contribution >= 0.6 is 11.8 Å². The van der Waals surface area contributed by atoms with Crippen molar-refractivity contribution < 1.29 is 14.0 Å². The standard InChI is InChI=1S/C21H23FN2O2S/c1-27-17-10-8-15(9-11-17)13-23-20(25)16-5-4-12-24(14-16)21(26)18-6-2-3-7-19(18)22/h2-3,6-11,16H,4-5,12-14H2,1H3,(H,23,25). The summed E-state index contributed by atoms with van der Waals surface area (Å²) in [6, 6.07) is 14.0. The predicted molar refractivity (Wildman–Crippen MR) is 105 cm³/mol. The van der Waals surface area contributed by atoms with E-state index in [1.165, 1.54) is 17.0 Å². The number of benzene rings is 2. The maximum atomic E-state index is 13.9. The zero-order valence-electron chi connectivity index (χ0n) is 15.3. The van der Waals surface area contributed by atoms with Gasteiger partial charge >= 0.3 is 0 Å². The van der Waals surface area contributed by atoms with Crippen LogP contribution in [0.2, 0.25) is 0 Å². The van der Waals surface area contributed by atoms with E-state index in [-0.39, 0.29) is 23.3 Å². The summed E-state index contributed by atoms with van der Waals surface area (Å²) >= 11 is 1.68. The zero-order chi connectivity index (χ0) is 19.2. The number of rotatable bonds is 5. The van der Waals surface area contributed by atoms with Crippen molar-refractivity contribution in [2.75, 3.05) is 19.3 Å². The highest BCUT2D eigenvalue weighted by atomic mass is 32.2. The van der Waals surface area contributed by atoms with Crippen LogP contribution in [-0.2, 0) is 11.3 Å². The van der Waals surface area contributed by atoms with Gasteiger partial charge in [0.05, 0.1) is 11.5 Å². The molecule has 1 unspecified atom stereocenters. The van der Waals surface area contributed by atoms with Crippen LogP contribution in [0.4, 0.5) is 4.39 Å². The third-order valence-corrected chi connectivity index (χ3v) is 5.55. The highest BCUT2D eigenvalue weighted by Crippen LogP contribution is 2.20. The molecule has 1 N–H and O–H groups in total. The number of carbonyl (C=O) groups excluding carboxylic acids is 2. The number of piperidine rings is 1. The number of nitrogens with one attached hydrogen (secondary N) is 1. The van der Waals surface area contributed by atoms with Gasteiger partial charge in [-0.3, -0.25) is 9.59 Å². The number of thioether (sulfide) groups is 1. The Morgan fingerprint density at radius 1 is 1.19 bits per heavy atom. The first kappa shape index (κ1) is 19.4. The summed E-state index contributed by atoms with van der Waals surface area (Å²) in [7, 11) is 0. The van der Waals surface area contributed by atoms with Crippen LogP contribution in [0.15, 0.2) is 53.4 Å². The molecule has 0 spiro atoms. The molecule has 0 saturated carbocycles. The topological polar surface area (TPSA) is 49.4 Å². The minimum Gasteiger partial charge on any atom is -0.352 e. The first-order valence-electron chi connectivity index (χ1n) is 9.03. The van der Waals surface area contributed by atoms with Gasteiger partial charge in [-0.2, -0.15) is 0 Å². The van der Waals surface area contributed by atoms with Gasteiger partial charge in [0, 0.05) is 24.5 Å². The van der Waals surface area contributed by atoms with E-state index in [1.54, 1.807) is 28.8 Å². The fourth-order valence-electron chi connectivity index (χ4n) is 3.26. The second kappa shape index (κ2) is 9.04. The predicted octanol–water partition coefficient (Wildman–Crippen LogP) is 3.72. The van der Waals surface area contributed by atoms with Crippen molar-refractivity contribution in [1.82, 2.24) is 10.2 Å². The minimum absolute atomic E-state index is 0.0602. The molecule has 2 aromatic carbocycles. The van der Waals surface area contributed by atoms with Crippen LogP contribution in [0.1, 0.15) is 28.8 Å². The normalized spacial score (nSPS) is 16.8. The second-order valence-corrected chi connectivity index (χ2v) is 7.52. The van der Waals surface area contributed by atoms with Crippen molar-refractivity contribution >= 4 is 23.6 Å². The molecule has 142 valence electrons. The van der Waals surface area contributed by atoms with Gasteiger partial charge in [-0.05, 0) is 48.9 Å². The molecule has 1 aliphatic heterocycles. The molecule has 6 heteroatoms. The summed E-state index contributed by atoms with van der Waals surface area (Å²) in [4.78, 5) is 27.9. The van der Waals surface area contributed by atoms with Crippen LogP contribution in [0.3, 0.4) is 0 Å². The number of carbonyl (C=O) groups is 2. The Hall–Kier alpha value is -2.34. The van der Waals surface area contributed by atoms with E-state index < -0.39 is 5.82 Å². The first-order chi connectivity index (χ1) is 13.1. The number of likely N-dealkylation sites (tertiary alicyclic amines) is 1. The van der Waals surface area contributed by atoms with Gasteiger partial charge in [-0.15, -0.1) is 11.8 Å². The Morgan fingerprint density at radius 2 is 1.93 bits per heavy atom. The largest absolute Gasteiger partial charge is 0.352 e. The monoisotopic (exact) mass is 386 g/mol. The summed E-state index contributed by atoms with van der Waals surface area (Å²) < 4.78 is 13.9. The lowest BCUT2D eigenvalue weighted by Crippen LogP contribution is -2.45. The molecule has 27 heavy (non-hydrogen) atoms. The average molecular weight is 386 g/mol. The molecule has 0 aromatic heterocycles. The van der Waals surface area contributed by atoms with Crippen molar-refractivity contribution in [2.45, 2.75) is 24.3 Å². The number of halogens is 1. The van der Waals surface area contributed by atoms with Gasteiger partial charge < -0.3 is 10.2 Å². The van der Waals surface area contributed by atoms with E-state index in [0.717, 1.165) is 18.4 Å². The Kier molecular flexibility index (Phi) is 6.50. The maximum absolute atomic E-state index is 13.9. The maximum Gasteiger partial charge on any atom is 0.256 e. The van der Waals surface area contributed by atoms with E-state index in [1.807, 2.05) is 30.5 Å². The third kappa shape index (κ3) is 4.89. The van der Waals surface area contributed by atoms with E-state index in [9.17, 15) is 14.0 Å². The van der Waals surface area contributed by atoms with Gasteiger partial charge in [0.15, 0.2) is 0 Å². The number of hydrogen-bond acceptors (Lipinski definition) is 3. The summed E-state index contributed by atoms with van der Waals surface area (Å²) in [6.45, 7) is 1.34. The quantitative estimate of drug-likeness (QED) is 0.797. The van der Waals surface area contributed by atoms with Crippen LogP contribution < -0.4 is 5.32 Å². The Morgan fingerprint density at radius 3 is 2.63 bits per heavy atom. The second-order valence-electron chi connectivity index (χ2n) is 6.64. The highest BCUT2D eigenvalue weighted by Gasteiger charge is 2.29. The lowest BCUT2D eigenvalue weighted by molar-refractivity contribution is -0.126. The molecule has 0 aliphatic carbocycles. The first-order valence-corrected chi connectivity index (χ1v) is 10.3. The van der Waals surface area contributed by atoms with E-state index in [2.05, 4.69) is 5.32 Å². The molecule has 1 aliphatic rings. The minimum atomic E-state index is -0.525. The fraction of sp³-hybridized carbons (Fsp3) is 0.333.